The minimum atomic E-state index is -0.580. The van der Waals surface area contributed by atoms with E-state index in [-0.39, 0.29) is 11.4 Å². The molecular formula is C17H14ClN3O4. The van der Waals surface area contributed by atoms with Crippen LogP contribution in [0.5, 0.6) is 0 Å². The number of anilines is 1. The first-order chi connectivity index (χ1) is 11.8. The van der Waals surface area contributed by atoms with E-state index in [1.165, 1.54) is 31.2 Å². The molecule has 0 aliphatic rings. The van der Waals surface area contributed by atoms with Gasteiger partial charge in [-0.25, -0.2) is 0 Å². The average Bonchev–Trinajstić information content (AvgIpc) is 2.54. The van der Waals surface area contributed by atoms with Gasteiger partial charge in [0.25, 0.3) is 11.6 Å². The third-order valence-electron chi connectivity index (χ3n) is 3.03. The molecule has 0 heterocycles. The van der Waals surface area contributed by atoms with Crippen molar-refractivity contribution in [2.24, 2.45) is 0 Å². The second kappa shape index (κ2) is 8.07. The van der Waals surface area contributed by atoms with Crippen LogP contribution in [-0.4, -0.2) is 16.7 Å². The molecule has 0 aliphatic heterocycles. The van der Waals surface area contributed by atoms with E-state index in [1.54, 1.807) is 30.3 Å². The number of nitro benzene ring substituents is 1. The minimum Gasteiger partial charge on any atom is -0.322 e. The summed E-state index contributed by atoms with van der Waals surface area (Å²) in [4.78, 5) is 34.1. The van der Waals surface area contributed by atoms with E-state index < -0.39 is 16.7 Å². The van der Waals surface area contributed by atoms with Gasteiger partial charge < -0.3 is 10.6 Å². The van der Waals surface area contributed by atoms with Crippen molar-refractivity contribution in [3.05, 3.63) is 74.9 Å². The quantitative estimate of drug-likeness (QED) is 0.485. The van der Waals surface area contributed by atoms with Gasteiger partial charge in [-0.2, -0.15) is 0 Å². The lowest BCUT2D eigenvalue weighted by molar-refractivity contribution is -0.384. The number of nitrogens with zero attached hydrogens (tertiary/aromatic N) is 1. The highest BCUT2D eigenvalue weighted by atomic mass is 35.5. The first kappa shape index (κ1) is 18.2. The second-order valence-electron chi connectivity index (χ2n) is 5.06. The number of nitrogens with one attached hydrogen (secondary N) is 2. The van der Waals surface area contributed by atoms with Crippen LogP contribution in [0, 0.1) is 10.1 Å². The predicted molar refractivity (Wildman–Crippen MR) is 95.0 cm³/mol. The maximum atomic E-state index is 12.4. The van der Waals surface area contributed by atoms with Gasteiger partial charge >= 0.3 is 0 Å². The number of benzene rings is 2. The van der Waals surface area contributed by atoms with Gasteiger partial charge in [0.05, 0.1) is 4.92 Å². The summed E-state index contributed by atoms with van der Waals surface area (Å²) in [6.45, 7) is 1.26. The van der Waals surface area contributed by atoms with Crippen molar-refractivity contribution < 1.29 is 14.5 Å². The van der Waals surface area contributed by atoms with Crippen LogP contribution < -0.4 is 10.6 Å². The van der Waals surface area contributed by atoms with E-state index in [1.807, 2.05) is 0 Å². The molecular weight excluding hydrogens is 346 g/mol. The number of carbonyl (C=O) groups is 2. The molecule has 8 heteroatoms. The molecule has 0 atom stereocenters. The van der Waals surface area contributed by atoms with E-state index in [2.05, 4.69) is 10.6 Å². The molecule has 0 bridgehead atoms. The Morgan fingerprint density at radius 1 is 1.16 bits per heavy atom. The number of hydrogen-bond donors (Lipinski definition) is 2. The van der Waals surface area contributed by atoms with Crippen molar-refractivity contribution in [3.8, 4) is 0 Å². The van der Waals surface area contributed by atoms with Gasteiger partial charge in [-0.05, 0) is 29.8 Å². The van der Waals surface area contributed by atoms with Crippen LogP contribution in [0.2, 0.25) is 5.02 Å². The van der Waals surface area contributed by atoms with Crippen LogP contribution >= 0.6 is 11.6 Å². The van der Waals surface area contributed by atoms with Gasteiger partial charge in [0.1, 0.15) is 5.70 Å². The van der Waals surface area contributed by atoms with Crippen molar-refractivity contribution in [3.63, 3.8) is 0 Å². The fourth-order valence-electron chi connectivity index (χ4n) is 2.01. The first-order valence-corrected chi connectivity index (χ1v) is 7.53. The summed E-state index contributed by atoms with van der Waals surface area (Å²) in [7, 11) is 0. The van der Waals surface area contributed by atoms with Crippen molar-refractivity contribution >= 4 is 40.9 Å². The van der Waals surface area contributed by atoms with Gasteiger partial charge in [-0.3, -0.25) is 19.7 Å². The normalized spacial score (nSPS) is 10.9. The van der Waals surface area contributed by atoms with E-state index in [4.69, 9.17) is 11.6 Å². The maximum absolute atomic E-state index is 12.4. The monoisotopic (exact) mass is 359 g/mol. The van der Waals surface area contributed by atoms with Gasteiger partial charge in [-0.15, -0.1) is 0 Å². The largest absolute Gasteiger partial charge is 0.322 e. The van der Waals surface area contributed by atoms with Crippen LogP contribution in [0.25, 0.3) is 6.08 Å². The molecule has 0 unspecified atom stereocenters. The first-order valence-electron chi connectivity index (χ1n) is 7.16. The summed E-state index contributed by atoms with van der Waals surface area (Å²) in [5.41, 5.74) is 0.686. The molecule has 0 spiro atoms. The maximum Gasteiger partial charge on any atom is 0.272 e. The Morgan fingerprint density at radius 3 is 2.52 bits per heavy atom. The van der Waals surface area contributed by atoms with Crippen molar-refractivity contribution in [2.45, 2.75) is 6.92 Å². The van der Waals surface area contributed by atoms with Gasteiger partial charge in [0.15, 0.2) is 0 Å². The summed E-state index contributed by atoms with van der Waals surface area (Å²) < 4.78 is 0. The highest BCUT2D eigenvalue weighted by Gasteiger charge is 2.13. The van der Waals surface area contributed by atoms with Gasteiger partial charge in [0.2, 0.25) is 5.91 Å². The Morgan fingerprint density at radius 2 is 1.88 bits per heavy atom. The molecule has 2 aromatic carbocycles. The summed E-state index contributed by atoms with van der Waals surface area (Å²) in [6.07, 6.45) is 1.36. The Kier molecular flexibility index (Phi) is 5.86. The zero-order valence-electron chi connectivity index (χ0n) is 13.2. The second-order valence-corrected chi connectivity index (χ2v) is 5.49. The molecule has 2 N–H and O–H groups in total. The zero-order valence-corrected chi connectivity index (χ0v) is 13.9. The van der Waals surface area contributed by atoms with Crippen LogP contribution in [0.1, 0.15) is 12.5 Å². The SMILES string of the molecule is CC(=O)N/C(=C\c1cccc([N+](=O)[O-])c1)C(=O)Nc1cccc(Cl)c1. The number of halogens is 1. The predicted octanol–water partition coefficient (Wildman–Crippen LogP) is 3.36. The van der Waals surface area contributed by atoms with E-state index in [0.717, 1.165) is 0 Å². The summed E-state index contributed by atoms with van der Waals surface area (Å²) >= 11 is 5.87. The van der Waals surface area contributed by atoms with Crippen LogP contribution in [-0.2, 0) is 9.59 Å². The number of amides is 2. The van der Waals surface area contributed by atoms with Crippen molar-refractivity contribution in [1.82, 2.24) is 5.32 Å². The molecule has 0 radical (unpaired) electrons. The zero-order chi connectivity index (χ0) is 18.4. The van der Waals surface area contributed by atoms with E-state index >= 15 is 0 Å². The minimum absolute atomic E-state index is 0.0482. The number of nitro groups is 1. The smallest absolute Gasteiger partial charge is 0.272 e. The fraction of sp³-hybridized carbons (Fsp3) is 0.0588. The summed E-state index contributed by atoms with van der Waals surface area (Å²) in [5, 5.41) is 16.3. The van der Waals surface area contributed by atoms with Gasteiger partial charge in [0, 0.05) is 29.8 Å². The average molecular weight is 360 g/mol. The highest BCUT2D eigenvalue weighted by molar-refractivity contribution is 6.31. The highest BCUT2D eigenvalue weighted by Crippen LogP contribution is 2.18. The Balaban J connectivity index is 2.31. The summed E-state index contributed by atoms with van der Waals surface area (Å²) in [6, 6.07) is 12.2. The lowest BCUT2D eigenvalue weighted by Crippen LogP contribution is -2.28. The Labute approximate surface area is 148 Å². The summed E-state index contributed by atoms with van der Waals surface area (Å²) in [5.74, 6) is -1.03. The molecule has 2 aromatic rings. The molecule has 0 fully saturated rings. The Hall–Kier alpha value is -3.19. The molecule has 128 valence electrons. The lowest BCUT2D eigenvalue weighted by Gasteiger charge is -2.10. The molecule has 7 nitrogen and oxygen atoms in total. The number of hydrogen-bond acceptors (Lipinski definition) is 4. The molecule has 0 aliphatic carbocycles. The third-order valence-corrected chi connectivity index (χ3v) is 3.26. The number of non-ortho nitro benzene ring substituents is 1. The van der Waals surface area contributed by atoms with Crippen molar-refractivity contribution in [2.75, 3.05) is 5.32 Å². The standard InChI is InChI=1S/C17H14ClN3O4/c1-11(22)19-16(9-12-4-2-7-15(8-12)21(24)25)17(23)20-14-6-3-5-13(18)10-14/h2-10H,1H3,(H,19,22)(H,20,23)/b16-9-. The van der Waals surface area contributed by atoms with Crippen LogP contribution in [0.4, 0.5) is 11.4 Å². The van der Waals surface area contributed by atoms with Crippen LogP contribution in [0.3, 0.4) is 0 Å². The van der Waals surface area contributed by atoms with E-state index in [0.29, 0.717) is 16.3 Å². The molecule has 25 heavy (non-hydrogen) atoms. The van der Waals surface area contributed by atoms with Gasteiger partial charge in [-0.1, -0.05) is 29.8 Å². The molecule has 2 rings (SSSR count). The van der Waals surface area contributed by atoms with Crippen LogP contribution in [0.15, 0.2) is 54.2 Å². The van der Waals surface area contributed by atoms with E-state index in [9.17, 15) is 19.7 Å². The fourth-order valence-corrected chi connectivity index (χ4v) is 2.20. The topological polar surface area (TPSA) is 101 Å². The molecule has 0 aromatic heterocycles. The Bertz CT molecular complexity index is 864. The van der Waals surface area contributed by atoms with Crippen molar-refractivity contribution in [1.29, 1.82) is 0 Å². The molecule has 2 amide bonds. The third kappa shape index (κ3) is 5.43. The number of carbonyl (C=O) groups excluding carboxylic acids is 2. The lowest BCUT2D eigenvalue weighted by atomic mass is 10.1. The molecule has 0 saturated heterocycles. The molecule has 0 saturated carbocycles. The number of rotatable bonds is 5.